The first-order valence-electron chi connectivity index (χ1n) is 9.16. The first-order chi connectivity index (χ1) is 13.4. The van der Waals surface area contributed by atoms with Gasteiger partial charge in [-0.05, 0) is 69.2 Å². The van der Waals surface area contributed by atoms with Crippen LogP contribution < -0.4 is 16.0 Å². The molecule has 0 radical (unpaired) electrons. The number of rotatable bonds is 6. The minimum Gasteiger partial charge on any atom is -0.367 e. The molecule has 1 aromatic carbocycles. The molecule has 0 aliphatic heterocycles. The molecule has 0 fully saturated rings. The van der Waals surface area contributed by atoms with Crippen LogP contribution >= 0.6 is 0 Å². The van der Waals surface area contributed by atoms with E-state index in [0.717, 1.165) is 22.6 Å². The second-order valence-electron chi connectivity index (χ2n) is 6.72. The van der Waals surface area contributed by atoms with Gasteiger partial charge in [0.25, 0.3) is 0 Å². The van der Waals surface area contributed by atoms with Crippen LogP contribution in [0.15, 0.2) is 36.4 Å². The van der Waals surface area contributed by atoms with Gasteiger partial charge < -0.3 is 16.0 Å². The highest BCUT2D eigenvalue weighted by Crippen LogP contribution is 2.14. The molecule has 3 rings (SSSR count). The molecule has 0 atom stereocenters. The summed E-state index contributed by atoms with van der Waals surface area (Å²) in [5.74, 6) is 1.31. The summed E-state index contributed by atoms with van der Waals surface area (Å²) in [5.41, 5.74) is 5.06. The molecular formula is C20H25N7O. The molecule has 28 heavy (non-hydrogen) atoms. The zero-order chi connectivity index (χ0) is 20.1. The highest BCUT2D eigenvalue weighted by atomic mass is 16.2. The highest BCUT2D eigenvalue weighted by molar-refractivity contribution is 5.89. The van der Waals surface area contributed by atoms with Crippen molar-refractivity contribution in [3.05, 3.63) is 58.9 Å². The number of nitrogens with one attached hydrogen (secondary N) is 3. The molecule has 0 spiro atoms. The van der Waals surface area contributed by atoms with Crippen molar-refractivity contribution in [3.63, 3.8) is 0 Å². The Labute approximate surface area is 164 Å². The maximum atomic E-state index is 12.0. The molecule has 146 valence electrons. The zero-order valence-corrected chi connectivity index (χ0v) is 16.6. The lowest BCUT2D eigenvalue weighted by molar-refractivity contribution is 0.252. The van der Waals surface area contributed by atoms with Crippen LogP contribution in [0.4, 0.5) is 16.3 Å². The van der Waals surface area contributed by atoms with E-state index in [1.165, 1.54) is 5.56 Å². The molecule has 0 saturated heterocycles. The quantitative estimate of drug-likeness (QED) is 0.572. The van der Waals surface area contributed by atoms with E-state index in [-0.39, 0.29) is 6.03 Å². The van der Waals surface area contributed by atoms with Gasteiger partial charge in [-0.15, -0.1) is 10.2 Å². The van der Waals surface area contributed by atoms with E-state index < -0.39 is 0 Å². The molecule has 0 aliphatic rings. The van der Waals surface area contributed by atoms with Crippen molar-refractivity contribution in [2.45, 2.75) is 27.7 Å². The van der Waals surface area contributed by atoms with Crippen LogP contribution in [-0.2, 0) is 0 Å². The Morgan fingerprint density at radius 2 is 1.79 bits per heavy atom. The first-order valence-corrected chi connectivity index (χ1v) is 9.16. The third-order valence-electron chi connectivity index (χ3n) is 4.36. The molecule has 3 aromatic rings. The van der Waals surface area contributed by atoms with Gasteiger partial charge in [0.15, 0.2) is 5.82 Å². The van der Waals surface area contributed by atoms with E-state index in [9.17, 15) is 4.79 Å². The fourth-order valence-corrected chi connectivity index (χ4v) is 2.75. The topological polar surface area (TPSA) is 96.8 Å². The van der Waals surface area contributed by atoms with Crippen LogP contribution in [0.2, 0.25) is 0 Å². The average molecular weight is 379 g/mol. The lowest BCUT2D eigenvalue weighted by atomic mass is 10.1. The Kier molecular flexibility index (Phi) is 5.88. The number of nitrogens with zero attached hydrogens (tertiary/aromatic N) is 4. The second kappa shape index (κ2) is 8.51. The monoisotopic (exact) mass is 379 g/mol. The van der Waals surface area contributed by atoms with Gasteiger partial charge in [0.2, 0.25) is 0 Å². The predicted molar refractivity (Wildman–Crippen MR) is 110 cm³/mol. The van der Waals surface area contributed by atoms with Crippen LogP contribution in [0.3, 0.4) is 0 Å². The normalized spacial score (nSPS) is 10.6. The maximum absolute atomic E-state index is 12.0. The Balaban J connectivity index is 1.44. The minimum absolute atomic E-state index is 0.240. The van der Waals surface area contributed by atoms with Gasteiger partial charge in [0.1, 0.15) is 5.82 Å². The number of carbonyl (C=O) groups excluding carboxylic acids is 1. The van der Waals surface area contributed by atoms with Crippen molar-refractivity contribution in [2.24, 2.45) is 0 Å². The van der Waals surface area contributed by atoms with Gasteiger partial charge in [-0.25, -0.2) is 9.48 Å². The van der Waals surface area contributed by atoms with E-state index in [2.05, 4.69) is 31.2 Å². The number of urea groups is 1. The van der Waals surface area contributed by atoms with Gasteiger partial charge >= 0.3 is 6.03 Å². The molecule has 0 aliphatic carbocycles. The number of aromatic nitrogens is 4. The third-order valence-corrected chi connectivity index (χ3v) is 4.36. The van der Waals surface area contributed by atoms with Crippen LogP contribution in [0.25, 0.3) is 5.82 Å². The van der Waals surface area contributed by atoms with Crippen molar-refractivity contribution in [2.75, 3.05) is 23.7 Å². The highest BCUT2D eigenvalue weighted by Gasteiger charge is 2.06. The lowest BCUT2D eigenvalue weighted by Gasteiger charge is -2.10. The maximum Gasteiger partial charge on any atom is 0.319 e. The Morgan fingerprint density at radius 1 is 0.964 bits per heavy atom. The van der Waals surface area contributed by atoms with Crippen molar-refractivity contribution in [1.29, 1.82) is 0 Å². The largest absolute Gasteiger partial charge is 0.367 e. The van der Waals surface area contributed by atoms with Crippen molar-refractivity contribution < 1.29 is 4.79 Å². The van der Waals surface area contributed by atoms with E-state index in [1.54, 1.807) is 4.68 Å². The Morgan fingerprint density at radius 3 is 2.43 bits per heavy atom. The number of anilines is 2. The SMILES string of the molecule is Cc1cc(C)n(-c2ccc(NCCNC(=O)Nc3ccc(C)c(C)c3)nn2)n1. The molecule has 2 amide bonds. The number of hydrogen-bond donors (Lipinski definition) is 3. The van der Waals surface area contributed by atoms with Crippen molar-refractivity contribution in [1.82, 2.24) is 25.3 Å². The molecule has 8 heteroatoms. The summed E-state index contributed by atoms with van der Waals surface area (Å²) < 4.78 is 1.75. The predicted octanol–water partition coefficient (Wildman–Crippen LogP) is 3.13. The first kappa shape index (κ1) is 19.3. The Hall–Kier alpha value is -3.42. The minimum atomic E-state index is -0.240. The van der Waals surface area contributed by atoms with E-state index in [1.807, 2.05) is 64.1 Å². The molecule has 3 N–H and O–H groups in total. The molecular weight excluding hydrogens is 354 g/mol. The smallest absolute Gasteiger partial charge is 0.319 e. The summed E-state index contributed by atoms with van der Waals surface area (Å²) in [6, 6.07) is 11.3. The van der Waals surface area contributed by atoms with Crippen LogP contribution in [0, 0.1) is 27.7 Å². The summed E-state index contributed by atoms with van der Waals surface area (Å²) >= 11 is 0. The summed E-state index contributed by atoms with van der Waals surface area (Å²) in [7, 11) is 0. The molecule has 8 nitrogen and oxygen atoms in total. The number of hydrogen-bond acceptors (Lipinski definition) is 5. The number of amides is 2. The Bertz CT molecular complexity index is 963. The second-order valence-corrected chi connectivity index (χ2v) is 6.72. The summed E-state index contributed by atoms with van der Waals surface area (Å²) in [6.07, 6.45) is 0. The molecule has 0 bridgehead atoms. The van der Waals surface area contributed by atoms with Gasteiger partial charge in [-0.3, -0.25) is 0 Å². The number of benzene rings is 1. The average Bonchev–Trinajstić information content (AvgIpc) is 3.00. The number of carbonyl (C=O) groups is 1. The molecule has 2 aromatic heterocycles. The van der Waals surface area contributed by atoms with E-state index in [4.69, 9.17) is 0 Å². The molecule has 2 heterocycles. The summed E-state index contributed by atoms with van der Waals surface area (Å²) in [6.45, 7) is 8.96. The zero-order valence-electron chi connectivity index (χ0n) is 16.6. The van der Waals surface area contributed by atoms with Gasteiger partial charge in [0.05, 0.1) is 5.69 Å². The van der Waals surface area contributed by atoms with Crippen LogP contribution in [0.1, 0.15) is 22.5 Å². The lowest BCUT2D eigenvalue weighted by Crippen LogP contribution is -2.32. The summed E-state index contributed by atoms with van der Waals surface area (Å²) in [5, 5.41) is 21.5. The molecule has 0 unspecified atom stereocenters. The van der Waals surface area contributed by atoms with Gasteiger partial charge in [-0.2, -0.15) is 5.10 Å². The van der Waals surface area contributed by atoms with Crippen molar-refractivity contribution >= 4 is 17.5 Å². The van der Waals surface area contributed by atoms with Crippen molar-refractivity contribution in [3.8, 4) is 5.82 Å². The fourth-order valence-electron chi connectivity index (χ4n) is 2.75. The van der Waals surface area contributed by atoms with Gasteiger partial charge in [-0.1, -0.05) is 6.07 Å². The summed E-state index contributed by atoms with van der Waals surface area (Å²) in [4.78, 5) is 12.0. The van der Waals surface area contributed by atoms with Crippen LogP contribution in [0.5, 0.6) is 0 Å². The van der Waals surface area contributed by atoms with Crippen LogP contribution in [-0.4, -0.2) is 39.1 Å². The van der Waals surface area contributed by atoms with Gasteiger partial charge in [0, 0.05) is 24.5 Å². The fraction of sp³-hybridized carbons (Fsp3) is 0.300. The molecule has 0 saturated carbocycles. The van der Waals surface area contributed by atoms with E-state index in [0.29, 0.717) is 24.7 Å². The standard InChI is InChI=1S/C20H25N7O/c1-13-5-6-17(11-14(13)2)23-20(28)22-10-9-21-18-7-8-19(25-24-18)27-16(4)12-15(3)26-27/h5-8,11-12H,9-10H2,1-4H3,(H,21,24)(H2,22,23,28). The number of aryl methyl sites for hydroxylation is 4. The third kappa shape index (κ3) is 4.85. The van der Waals surface area contributed by atoms with E-state index >= 15 is 0 Å².